The van der Waals surface area contributed by atoms with Crippen LogP contribution in [0.3, 0.4) is 0 Å². The molecule has 0 aliphatic carbocycles. The van der Waals surface area contributed by atoms with Crippen LogP contribution in [0, 0.1) is 0 Å². The van der Waals surface area contributed by atoms with E-state index >= 15 is 0 Å². The second-order valence-electron chi connectivity index (χ2n) is 3.33. The summed E-state index contributed by atoms with van der Waals surface area (Å²) in [5, 5.41) is 6.75. The number of nitrogens with zero attached hydrogens (tertiary/aromatic N) is 2. The summed E-state index contributed by atoms with van der Waals surface area (Å²) in [6, 6.07) is 3.28. The second-order valence-corrected chi connectivity index (χ2v) is 3.77. The fourth-order valence-corrected chi connectivity index (χ4v) is 1.45. The number of pyridine rings is 1. The average Bonchev–Trinajstić information content (AvgIpc) is 2.80. The van der Waals surface area contributed by atoms with Gasteiger partial charge in [0.1, 0.15) is 17.1 Å². The lowest BCUT2D eigenvalue weighted by Crippen LogP contribution is -2.13. The molecule has 2 aromatic heterocycles. The number of carbonyl (C=O) groups excluding carboxylic acids is 1. The minimum atomic E-state index is -0.294. The van der Waals surface area contributed by atoms with Crippen LogP contribution in [0.5, 0.6) is 0 Å². The third-order valence-corrected chi connectivity index (χ3v) is 2.40. The third-order valence-electron chi connectivity index (χ3n) is 2.18. The van der Waals surface area contributed by atoms with Crippen LogP contribution in [0.15, 0.2) is 29.0 Å². The van der Waals surface area contributed by atoms with Crippen LogP contribution in [0.1, 0.15) is 23.0 Å². The Labute approximate surface area is 103 Å². The van der Waals surface area contributed by atoms with E-state index in [1.807, 2.05) is 6.92 Å². The summed E-state index contributed by atoms with van der Waals surface area (Å²) in [6.07, 6.45) is 3.46. The van der Waals surface area contributed by atoms with Gasteiger partial charge in [-0.15, -0.1) is 0 Å². The monoisotopic (exact) mass is 251 g/mol. The molecule has 2 aromatic rings. The first-order valence-corrected chi connectivity index (χ1v) is 5.45. The van der Waals surface area contributed by atoms with Gasteiger partial charge in [-0.25, -0.2) is 4.98 Å². The van der Waals surface area contributed by atoms with Crippen LogP contribution in [0.2, 0.25) is 5.02 Å². The molecule has 6 heteroatoms. The molecular weight excluding hydrogens is 242 g/mol. The molecule has 1 amide bonds. The van der Waals surface area contributed by atoms with Gasteiger partial charge >= 0.3 is 0 Å². The quantitative estimate of drug-likeness (QED) is 0.910. The van der Waals surface area contributed by atoms with Crippen molar-refractivity contribution in [3.63, 3.8) is 0 Å². The summed E-state index contributed by atoms with van der Waals surface area (Å²) in [4.78, 5) is 15.8. The zero-order valence-electron chi connectivity index (χ0n) is 9.11. The SMILES string of the molecule is CCc1oncc1C(=O)Nc1ccc(Cl)cn1. The van der Waals surface area contributed by atoms with E-state index in [4.69, 9.17) is 16.1 Å². The number of carbonyl (C=O) groups is 1. The lowest BCUT2D eigenvalue weighted by atomic mass is 10.2. The molecule has 0 aliphatic rings. The van der Waals surface area contributed by atoms with Gasteiger partial charge in [-0.1, -0.05) is 23.7 Å². The first kappa shape index (κ1) is 11.6. The fourth-order valence-electron chi connectivity index (χ4n) is 1.34. The molecule has 17 heavy (non-hydrogen) atoms. The summed E-state index contributed by atoms with van der Waals surface area (Å²) >= 11 is 5.70. The predicted molar refractivity (Wildman–Crippen MR) is 63.1 cm³/mol. The van der Waals surface area contributed by atoms with E-state index < -0.39 is 0 Å². The predicted octanol–water partition coefficient (Wildman–Crippen LogP) is 2.54. The largest absolute Gasteiger partial charge is 0.361 e. The van der Waals surface area contributed by atoms with E-state index in [1.165, 1.54) is 12.4 Å². The van der Waals surface area contributed by atoms with E-state index in [1.54, 1.807) is 12.1 Å². The van der Waals surface area contributed by atoms with Crippen molar-refractivity contribution in [2.75, 3.05) is 5.32 Å². The van der Waals surface area contributed by atoms with E-state index in [9.17, 15) is 4.79 Å². The average molecular weight is 252 g/mol. The van der Waals surface area contributed by atoms with Crippen LogP contribution in [0.4, 0.5) is 5.82 Å². The smallest absolute Gasteiger partial charge is 0.262 e. The Morgan fingerprint density at radius 3 is 2.94 bits per heavy atom. The molecule has 0 bridgehead atoms. The zero-order valence-corrected chi connectivity index (χ0v) is 9.86. The van der Waals surface area contributed by atoms with Crippen LogP contribution >= 0.6 is 11.6 Å². The molecular formula is C11H10ClN3O2. The Hall–Kier alpha value is -1.88. The molecule has 0 fully saturated rings. The van der Waals surface area contributed by atoms with Gasteiger partial charge in [-0.3, -0.25) is 4.79 Å². The Bertz CT molecular complexity index is 522. The van der Waals surface area contributed by atoms with E-state index in [2.05, 4.69) is 15.5 Å². The number of aryl methyl sites for hydroxylation is 1. The maximum atomic E-state index is 11.9. The number of anilines is 1. The van der Waals surface area contributed by atoms with Gasteiger partial charge in [0, 0.05) is 12.6 Å². The summed E-state index contributed by atoms with van der Waals surface area (Å²) < 4.78 is 4.94. The highest BCUT2D eigenvalue weighted by atomic mass is 35.5. The molecule has 1 N–H and O–H groups in total. The minimum absolute atomic E-state index is 0.294. The minimum Gasteiger partial charge on any atom is -0.361 e. The number of hydrogen-bond donors (Lipinski definition) is 1. The first-order chi connectivity index (χ1) is 8.20. The number of amides is 1. The van der Waals surface area contributed by atoms with E-state index in [0.717, 1.165) is 0 Å². The van der Waals surface area contributed by atoms with E-state index in [-0.39, 0.29) is 5.91 Å². The number of rotatable bonds is 3. The van der Waals surface area contributed by atoms with Crippen LogP contribution < -0.4 is 5.32 Å². The van der Waals surface area contributed by atoms with Crippen molar-refractivity contribution in [2.24, 2.45) is 0 Å². The molecule has 2 rings (SSSR count). The number of aromatic nitrogens is 2. The van der Waals surface area contributed by atoms with Gasteiger partial charge in [0.15, 0.2) is 0 Å². The molecule has 2 heterocycles. The lowest BCUT2D eigenvalue weighted by molar-refractivity contribution is 0.102. The number of halogens is 1. The van der Waals surface area contributed by atoms with Crippen LogP contribution in [-0.4, -0.2) is 16.0 Å². The van der Waals surface area contributed by atoms with Crippen LogP contribution in [-0.2, 0) is 6.42 Å². The van der Waals surface area contributed by atoms with E-state index in [0.29, 0.717) is 28.6 Å². The van der Waals surface area contributed by atoms with Crippen molar-refractivity contribution in [3.8, 4) is 0 Å². The molecule has 0 saturated heterocycles. The van der Waals surface area contributed by atoms with Crippen molar-refractivity contribution in [2.45, 2.75) is 13.3 Å². The van der Waals surface area contributed by atoms with Gasteiger partial charge in [0.25, 0.3) is 5.91 Å². The molecule has 0 aliphatic heterocycles. The standard InChI is InChI=1S/C11H10ClN3O2/c1-2-9-8(6-14-17-9)11(16)15-10-4-3-7(12)5-13-10/h3-6H,2H2,1H3,(H,13,15,16). The maximum Gasteiger partial charge on any atom is 0.262 e. The summed E-state index contributed by atoms with van der Waals surface area (Å²) in [5.74, 6) is 0.692. The lowest BCUT2D eigenvalue weighted by Gasteiger charge is -2.02. The third kappa shape index (κ3) is 2.62. The van der Waals surface area contributed by atoms with Crippen molar-refractivity contribution in [1.82, 2.24) is 10.1 Å². The number of hydrogen-bond acceptors (Lipinski definition) is 4. The Morgan fingerprint density at radius 1 is 1.47 bits per heavy atom. The maximum absolute atomic E-state index is 11.9. The first-order valence-electron chi connectivity index (χ1n) is 5.07. The van der Waals surface area contributed by atoms with Gasteiger partial charge in [-0.05, 0) is 12.1 Å². The van der Waals surface area contributed by atoms with Crippen molar-refractivity contribution in [3.05, 3.63) is 40.9 Å². The molecule has 0 spiro atoms. The van der Waals surface area contributed by atoms with Crippen LogP contribution in [0.25, 0.3) is 0 Å². The normalized spacial score (nSPS) is 10.2. The molecule has 88 valence electrons. The Kier molecular flexibility index (Phi) is 3.39. The van der Waals surface area contributed by atoms with Crippen molar-refractivity contribution in [1.29, 1.82) is 0 Å². The van der Waals surface area contributed by atoms with Gasteiger partial charge in [-0.2, -0.15) is 0 Å². The molecule has 5 nitrogen and oxygen atoms in total. The topological polar surface area (TPSA) is 68.0 Å². The Morgan fingerprint density at radius 2 is 2.29 bits per heavy atom. The summed E-state index contributed by atoms with van der Waals surface area (Å²) in [6.45, 7) is 1.89. The van der Waals surface area contributed by atoms with Gasteiger partial charge in [0.2, 0.25) is 0 Å². The van der Waals surface area contributed by atoms with Crippen molar-refractivity contribution < 1.29 is 9.32 Å². The highest BCUT2D eigenvalue weighted by Gasteiger charge is 2.15. The molecule has 0 unspecified atom stereocenters. The summed E-state index contributed by atoms with van der Waals surface area (Å²) in [7, 11) is 0. The zero-order chi connectivity index (χ0) is 12.3. The molecule has 0 aromatic carbocycles. The number of nitrogens with one attached hydrogen (secondary N) is 1. The Balaban J connectivity index is 2.14. The highest BCUT2D eigenvalue weighted by Crippen LogP contribution is 2.13. The van der Waals surface area contributed by atoms with Crippen molar-refractivity contribution >= 4 is 23.3 Å². The molecule has 0 saturated carbocycles. The summed E-state index contributed by atoms with van der Waals surface area (Å²) in [5.41, 5.74) is 0.421. The molecule has 0 atom stereocenters. The van der Waals surface area contributed by atoms with Gasteiger partial charge < -0.3 is 9.84 Å². The fraction of sp³-hybridized carbons (Fsp3) is 0.182. The molecule has 0 radical (unpaired) electrons. The highest BCUT2D eigenvalue weighted by molar-refractivity contribution is 6.30. The van der Waals surface area contributed by atoms with Gasteiger partial charge in [0.05, 0.1) is 11.2 Å². The second kappa shape index (κ2) is 4.97.